The van der Waals surface area contributed by atoms with Gasteiger partial charge in [-0.25, -0.2) is 18.8 Å². The molecule has 5 rings (SSSR count). The Bertz CT molecular complexity index is 1130. The van der Waals surface area contributed by atoms with Crippen LogP contribution in [-0.2, 0) is 42.1 Å². The highest BCUT2D eigenvalue weighted by Crippen LogP contribution is 2.38. The molecule has 2 amide bonds. The van der Waals surface area contributed by atoms with E-state index in [0.29, 0.717) is 0 Å². The monoisotopic (exact) mass is 417 g/mol. The summed E-state index contributed by atoms with van der Waals surface area (Å²) in [5.74, 6) is 0.178. The molecule has 10 heteroatoms. The molecule has 2 aromatic rings. The molecule has 0 saturated heterocycles. The summed E-state index contributed by atoms with van der Waals surface area (Å²) < 4.78 is 23.5. The molecule has 0 spiro atoms. The van der Waals surface area contributed by atoms with Crippen molar-refractivity contribution in [3.05, 3.63) is 34.5 Å². The maximum absolute atomic E-state index is 13.0. The number of aliphatic hydroxyl groups excluding tert-OH is 1. The number of aryl methyl sites for hydroxylation is 1. The number of ether oxygens (including phenoxy) is 1. The second kappa shape index (κ2) is 6.82. The van der Waals surface area contributed by atoms with Crippen molar-refractivity contribution < 1.29 is 18.8 Å². The first-order chi connectivity index (χ1) is 13.9. The van der Waals surface area contributed by atoms with Gasteiger partial charge in [-0.3, -0.25) is 0 Å². The molecular weight excluding hydrogens is 394 g/mol. The number of aliphatic hydroxyl groups is 1. The second-order valence-corrected chi connectivity index (χ2v) is 9.54. The Labute approximate surface area is 168 Å². The molecule has 2 atom stereocenters. The van der Waals surface area contributed by atoms with Gasteiger partial charge in [-0.1, -0.05) is 0 Å². The van der Waals surface area contributed by atoms with Gasteiger partial charge in [-0.2, -0.15) is 5.10 Å². The highest BCUT2D eigenvalue weighted by molar-refractivity contribution is 7.91. The van der Waals surface area contributed by atoms with E-state index in [0.717, 1.165) is 49.8 Å². The molecule has 3 aliphatic rings. The average Bonchev–Trinajstić information content (AvgIpc) is 3.39. The SMILES string of the molecule is NS(=O)(=NC(=O)Nc1cc2c(c3c1CCC3)CCC2)c1cnn2c1OCC(O)C2. The Hall–Kier alpha value is -2.43. The number of aromatic nitrogens is 2. The van der Waals surface area contributed by atoms with Gasteiger partial charge in [0.2, 0.25) is 5.88 Å². The third kappa shape index (κ3) is 3.21. The predicted molar refractivity (Wildman–Crippen MR) is 106 cm³/mol. The van der Waals surface area contributed by atoms with Crippen LogP contribution >= 0.6 is 0 Å². The normalized spacial score (nSPS) is 21.5. The third-order valence-corrected chi connectivity index (χ3v) is 7.16. The lowest BCUT2D eigenvalue weighted by molar-refractivity contribution is 0.0538. The lowest BCUT2D eigenvalue weighted by atomic mass is 9.98. The Balaban J connectivity index is 1.45. The topological polar surface area (TPSA) is 132 Å². The number of amides is 2. The summed E-state index contributed by atoms with van der Waals surface area (Å²) in [7, 11) is -3.55. The molecule has 0 saturated carbocycles. The van der Waals surface area contributed by atoms with Gasteiger partial charge >= 0.3 is 6.03 Å². The van der Waals surface area contributed by atoms with E-state index in [-0.39, 0.29) is 23.9 Å². The van der Waals surface area contributed by atoms with Crippen LogP contribution in [0.4, 0.5) is 10.5 Å². The van der Waals surface area contributed by atoms with Crippen LogP contribution in [-0.4, -0.2) is 37.8 Å². The van der Waals surface area contributed by atoms with Crippen molar-refractivity contribution in [1.82, 2.24) is 9.78 Å². The Morgan fingerprint density at radius 1 is 1.28 bits per heavy atom. The van der Waals surface area contributed by atoms with Gasteiger partial charge in [0.25, 0.3) is 0 Å². The third-order valence-electron chi connectivity index (χ3n) is 5.82. The van der Waals surface area contributed by atoms with Crippen molar-refractivity contribution in [1.29, 1.82) is 0 Å². The number of carbonyl (C=O) groups is 1. The smallest absolute Gasteiger partial charge is 0.354 e. The van der Waals surface area contributed by atoms with Crippen molar-refractivity contribution in [3.8, 4) is 5.88 Å². The maximum atomic E-state index is 13.0. The number of benzene rings is 1. The van der Waals surface area contributed by atoms with E-state index in [4.69, 9.17) is 9.88 Å². The zero-order chi connectivity index (χ0) is 20.2. The lowest BCUT2D eigenvalue weighted by Crippen LogP contribution is -2.30. The zero-order valence-corrected chi connectivity index (χ0v) is 16.7. The molecule has 0 radical (unpaired) electrons. The number of carbonyl (C=O) groups excluding carboxylic acids is 1. The van der Waals surface area contributed by atoms with Gasteiger partial charge in [0.1, 0.15) is 17.6 Å². The first-order valence-corrected chi connectivity index (χ1v) is 11.4. The number of anilines is 1. The predicted octanol–water partition coefficient (Wildman–Crippen LogP) is 1.55. The van der Waals surface area contributed by atoms with E-state index in [9.17, 15) is 14.1 Å². The summed E-state index contributed by atoms with van der Waals surface area (Å²) in [5, 5.41) is 22.4. The molecular formula is C19H23N5O4S. The fraction of sp³-hybridized carbons (Fsp3) is 0.474. The van der Waals surface area contributed by atoms with Crippen molar-refractivity contribution in [2.45, 2.75) is 56.1 Å². The highest BCUT2D eigenvalue weighted by Gasteiger charge is 2.28. The number of nitrogens with one attached hydrogen (secondary N) is 1. The first-order valence-electron chi connectivity index (χ1n) is 9.81. The van der Waals surface area contributed by atoms with Crippen molar-refractivity contribution in [2.24, 2.45) is 9.50 Å². The van der Waals surface area contributed by atoms with Gasteiger partial charge in [-0.15, -0.1) is 4.36 Å². The van der Waals surface area contributed by atoms with Gasteiger partial charge in [0, 0.05) is 5.69 Å². The maximum Gasteiger partial charge on any atom is 0.354 e. The van der Waals surface area contributed by atoms with Gasteiger partial charge < -0.3 is 15.2 Å². The zero-order valence-electron chi connectivity index (χ0n) is 15.9. The minimum atomic E-state index is -3.55. The minimum absolute atomic E-state index is 0.0433. The number of hydrogen-bond acceptors (Lipinski definition) is 5. The van der Waals surface area contributed by atoms with Crippen LogP contribution in [0.2, 0.25) is 0 Å². The molecule has 29 heavy (non-hydrogen) atoms. The standard InChI is InChI=1S/C19H23N5O4S/c20-29(27,17-8-21-24-9-12(25)10-28-18(17)24)23-19(26)22-16-7-11-3-1-4-13(11)14-5-2-6-15(14)16/h7-8,12,25H,1-6,9-10H2,(H3,20,22,23,26,27). The number of rotatable bonds is 2. The first kappa shape index (κ1) is 18.6. The van der Waals surface area contributed by atoms with E-state index in [2.05, 4.69) is 14.8 Å². The van der Waals surface area contributed by atoms with Gasteiger partial charge in [0.05, 0.1) is 12.7 Å². The average molecular weight is 417 g/mol. The number of fused-ring (bicyclic) bond motifs is 4. The van der Waals surface area contributed by atoms with Crippen LogP contribution < -0.4 is 15.2 Å². The highest BCUT2D eigenvalue weighted by atomic mass is 32.2. The largest absolute Gasteiger partial charge is 0.474 e. The molecule has 1 aromatic carbocycles. The van der Waals surface area contributed by atoms with Gasteiger partial charge in [-0.05, 0) is 66.8 Å². The van der Waals surface area contributed by atoms with Crippen molar-refractivity contribution >= 4 is 21.6 Å². The molecule has 2 aliphatic carbocycles. The summed E-state index contributed by atoms with van der Waals surface area (Å²) >= 11 is 0. The number of hydrogen-bond donors (Lipinski definition) is 3. The summed E-state index contributed by atoms with van der Waals surface area (Å²) in [5.41, 5.74) is 6.01. The van der Waals surface area contributed by atoms with E-state index in [1.807, 2.05) is 6.07 Å². The van der Waals surface area contributed by atoms with E-state index >= 15 is 0 Å². The van der Waals surface area contributed by atoms with Crippen LogP contribution in [0.25, 0.3) is 0 Å². The van der Waals surface area contributed by atoms with E-state index < -0.39 is 22.1 Å². The molecule has 154 valence electrons. The van der Waals surface area contributed by atoms with Crippen LogP contribution in [0.15, 0.2) is 21.5 Å². The van der Waals surface area contributed by atoms with E-state index in [1.54, 1.807) is 0 Å². The molecule has 9 nitrogen and oxygen atoms in total. The van der Waals surface area contributed by atoms with Crippen LogP contribution in [0.1, 0.15) is 35.1 Å². The molecule has 0 fully saturated rings. The molecule has 4 N–H and O–H groups in total. The summed E-state index contributed by atoms with van der Waals surface area (Å²) in [6.07, 6.45) is 6.87. The number of urea groups is 1. The fourth-order valence-corrected chi connectivity index (χ4v) is 5.59. The lowest BCUT2D eigenvalue weighted by Gasteiger charge is -2.20. The Morgan fingerprint density at radius 2 is 2.03 bits per heavy atom. The summed E-state index contributed by atoms with van der Waals surface area (Å²) in [6, 6.07) is 1.28. The fourth-order valence-electron chi connectivity index (χ4n) is 4.59. The number of nitrogens with zero attached hydrogens (tertiary/aromatic N) is 3. The Kier molecular flexibility index (Phi) is 4.37. The second-order valence-electron chi connectivity index (χ2n) is 7.78. The molecule has 1 aromatic heterocycles. The molecule has 1 aliphatic heterocycles. The Morgan fingerprint density at radius 3 is 2.90 bits per heavy atom. The van der Waals surface area contributed by atoms with Crippen LogP contribution in [0.5, 0.6) is 5.88 Å². The van der Waals surface area contributed by atoms with Crippen LogP contribution in [0.3, 0.4) is 0 Å². The van der Waals surface area contributed by atoms with Crippen LogP contribution in [0, 0.1) is 0 Å². The molecule has 2 unspecified atom stereocenters. The quantitative estimate of drug-likeness (QED) is 0.682. The summed E-state index contributed by atoms with van der Waals surface area (Å²) in [4.78, 5) is 12.7. The molecule has 0 bridgehead atoms. The van der Waals surface area contributed by atoms with Crippen molar-refractivity contribution in [2.75, 3.05) is 11.9 Å². The van der Waals surface area contributed by atoms with Crippen molar-refractivity contribution in [3.63, 3.8) is 0 Å². The minimum Gasteiger partial charge on any atom is -0.474 e. The van der Waals surface area contributed by atoms with Gasteiger partial charge in [0.15, 0.2) is 9.92 Å². The molecule has 2 heterocycles. The number of nitrogens with two attached hydrogens (primary N) is 1. The summed E-state index contributed by atoms with van der Waals surface area (Å²) in [6.45, 7) is 0.250. The van der Waals surface area contributed by atoms with E-state index in [1.165, 1.54) is 27.6 Å².